The lowest BCUT2D eigenvalue weighted by Crippen LogP contribution is -2.21. The molecule has 0 unspecified atom stereocenters. The Hall–Kier alpha value is -6.06. The number of anilines is 6. The molecule has 1 aliphatic carbocycles. The van der Waals surface area contributed by atoms with Crippen LogP contribution in [0.15, 0.2) is 141 Å². The number of benzene rings is 6. The number of hydrogen-bond acceptors (Lipinski definition) is 8. The Balaban J connectivity index is 1.38. The highest BCUT2D eigenvalue weighted by molar-refractivity contribution is 8.00. The first-order chi connectivity index (χ1) is 23.7. The smallest absolute Gasteiger partial charge is 0.177 e. The molecule has 0 saturated heterocycles. The Kier molecular flexibility index (Phi) is 5.77. The van der Waals surface area contributed by atoms with Gasteiger partial charge in [-0.3, -0.25) is 0 Å². The average molecular weight is 649 g/mol. The molecule has 0 N–H and O–H groups in total. The highest BCUT2D eigenvalue weighted by Gasteiger charge is 2.36. The number of para-hydroxylation sites is 4. The van der Waals surface area contributed by atoms with Crippen LogP contribution in [0.25, 0.3) is 33.3 Å². The van der Waals surface area contributed by atoms with Gasteiger partial charge in [0.25, 0.3) is 0 Å². The van der Waals surface area contributed by atoms with Crippen molar-refractivity contribution < 1.29 is 0 Å². The Morgan fingerprint density at radius 2 is 0.938 bits per heavy atom. The van der Waals surface area contributed by atoms with Gasteiger partial charge in [0.2, 0.25) is 0 Å². The maximum absolute atomic E-state index is 9.95. The maximum Gasteiger partial charge on any atom is 0.177 e. The van der Waals surface area contributed by atoms with Crippen LogP contribution in [0, 0.1) is 22.7 Å². The topological polar surface area (TPSA) is 79.8 Å². The molecule has 0 atom stereocenters. The lowest BCUT2D eigenvalue weighted by atomic mass is 9.97. The summed E-state index contributed by atoms with van der Waals surface area (Å²) in [4.78, 5) is 18.9. The highest BCUT2D eigenvalue weighted by Crippen LogP contribution is 2.61. The molecule has 2 aliphatic heterocycles. The van der Waals surface area contributed by atoms with E-state index in [1.807, 2.05) is 6.07 Å². The molecule has 6 aromatic carbocycles. The van der Waals surface area contributed by atoms with Gasteiger partial charge in [0.1, 0.15) is 12.1 Å². The second kappa shape index (κ2) is 10.2. The molecular weight excluding hydrogens is 629 g/mol. The van der Waals surface area contributed by atoms with Crippen LogP contribution in [-0.2, 0) is 0 Å². The minimum absolute atomic E-state index is 0.0313. The quantitative estimate of drug-likeness (QED) is 0.183. The first-order valence-corrected chi connectivity index (χ1v) is 17.0. The number of fused-ring (bicyclic) bond motifs is 7. The van der Waals surface area contributed by atoms with Crippen LogP contribution in [0.4, 0.5) is 34.1 Å². The Morgan fingerprint density at radius 3 is 1.44 bits per heavy atom. The van der Waals surface area contributed by atoms with Crippen molar-refractivity contribution in [2.24, 2.45) is 0 Å². The number of rotatable bonds is 2. The van der Waals surface area contributed by atoms with E-state index in [4.69, 9.17) is 9.97 Å². The molecule has 8 heteroatoms. The number of nitrogens with zero attached hydrogens (tertiary/aromatic N) is 6. The summed E-state index contributed by atoms with van der Waals surface area (Å²) in [6.07, 6.45) is 0. The number of hydrogen-bond donors (Lipinski definition) is 0. The second-order valence-electron chi connectivity index (χ2n) is 11.6. The van der Waals surface area contributed by atoms with Crippen LogP contribution in [0.3, 0.4) is 0 Å². The number of aromatic nitrogens is 2. The minimum atomic E-state index is 0.0313. The van der Waals surface area contributed by atoms with E-state index in [2.05, 4.69) is 137 Å². The largest absolute Gasteiger partial charge is 0.306 e. The van der Waals surface area contributed by atoms with E-state index in [1.54, 1.807) is 23.5 Å². The van der Waals surface area contributed by atoms with Crippen molar-refractivity contribution >= 4 is 68.4 Å². The van der Waals surface area contributed by atoms with Gasteiger partial charge in [0.15, 0.2) is 11.4 Å². The molecule has 0 fully saturated rings. The van der Waals surface area contributed by atoms with Crippen molar-refractivity contribution in [1.29, 1.82) is 10.5 Å². The van der Waals surface area contributed by atoms with E-state index < -0.39 is 0 Å². The molecule has 3 heterocycles. The minimum Gasteiger partial charge on any atom is -0.306 e. The zero-order valence-electron chi connectivity index (χ0n) is 25.0. The van der Waals surface area contributed by atoms with E-state index in [0.29, 0.717) is 11.4 Å². The molecule has 48 heavy (non-hydrogen) atoms. The zero-order valence-corrected chi connectivity index (χ0v) is 26.7. The molecular formula is C40H20N6S2. The van der Waals surface area contributed by atoms with Crippen LogP contribution in [0.2, 0.25) is 0 Å². The summed E-state index contributed by atoms with van der Waals surface area (Å²) in [5, 5.41) is 21.9. The molecule has 0 amide bonds. The fourth-order valence-corrected chi connectivity index (χ4v) is 9.24. The fraction of sp³-hybridized carbons (Fsp3) is 0. The maximum atomic E-state index is 9.95. The van der Waals surface area contributed by atoms with Crippen molar-refractivity contribution in [2.75, 3.05) is 9.80 Å². The van der Waals surface area contributed by atoms with Gasteiger partial charge in [0.05, 0.1) is 45.5 Å². The van der Waals surface area contributed by atoms with Crippen molar-refractivity contribution in [2.45, 2.75) is 19.6 Å². The van der Waals surface area contributed by atoms with Gasteiger partial charge in [-0.1, -0.05) is 90.3 Å². The monoisotopic (exact) mass is 648 g/mol. The Morgan fingerprint density at radius 1 is 0.479 bits per heavy atom. The van der Waals surface area contributed by atoms with Gasteiger partial charge in [0, 0.05) is 41.5 Å². The van der Waals surface area contributed by atoms with Crippen molar-refractivity contribution in [3.63, 3.8) is 0 Å². The summed E-state index contributed by atoms with van der Waals surface area (Å²) in [6, 6.07) is 46.8. The van der Waals surface area contributed by atoms with Gasteiger partial charge in [-0.25, -0.2) is 9.97 Å². The molecule has 0 saturated carbocycles. The molecule has 1 aromatic heterocycles. The SMILES string of the molecule is N#Cc1nc2c(nc1C#N)-c1cc(N3c4ccccc4Sc4ccccc43)c(N3c4ccccc4Sc4ccccc43)c3cccc-2c13. The molecule has 222 valence electrons. The Bertz CT molecular complexity index is 2550. The normalized spacial score (nSPS) is 13.1. The van der Waals surface area contributed by atoms with Crippen molar-refractivity contribution in [1.82, 2.24) is 9.97 Å². The summed E-state index contributed by atoms with van der Waals surface area (Å²) >= 11 is 3.56. The third-order valence-corrected chi connectivity index (χ3v) is 11.3. The van der Waals surface area contributed by atoms with Crippen LogP contribution in [0.1, 0.15) is 11.4 Å². The second-order valence-corrected chi connectivity index (χ2v) is 13.8. The van der Waals surface area contributed by atoms with Gasteiger partial charge in [-0.05, 0) is 54.6 Å². The van der Waals surface area contributed by atoms with E-state index in [0.717, 1.165) is 65.8 Å². The first-order valence-electron chi connectivity index (χ1n) is 15.4. The molecule has 7 aromatic rings. The summed E-state index contributed by atoms with van der Waals surface area (Å²) in [7, 11) is 0. The van der Waals surface area contributed by atoms with Crippen molar-refractivity contribution in [3.05, 3.63) is 133 Å². The van der Waals surface area contributed by atoms with Crippen LogP contribution in [0.5, 0.6) is 0 Å². The summed E-state index contributed by atoms with van der Waals surface area (Å²) in [6.45, 7) is 0. The lowest BCUT2D eigenvalue weighted by Gasteiger charge is -2.39. The predicted molar refractivity (Wildman–Crippen MR) is 191 cm³/mol. The standard InChI is InChI=1S/C40H20N6S2/c41-21-26-27(22-42)44-39-25-20-32(45-28-12-1-5-16-33(28)47-34-17-6-2-13-29(34)45)40(24-11-9-10-23(37(24)25)38(39)43-26)46-30-14-3-7-18-35(30)48-36-19-8-4-15-31(36)46/h1-20H. The molecule has 6 nitrogen and oxygen atoms in total. The molecule has 3 aliphatic rings. The highest BCUT2D eigenvalue weighted by atomic mass is 32.2. The molecule has 0 radical (unpaired) electrons. The van der Waals surface area contributed by atoms with Gasteiger partial charge >= 0.3 is 0 Å². The van der Waals surface area contributed by atoms with E-state index >= 15 is 0 Å². The van der Waals surface area contributed by atoms with Gasteiger partial charge < -0.3 is 9.80 Å². The van der Waals surface area contributed by atoms with Crippen molar-refractivity contribution in [3.8, 4) is 34.7 Å². The zero-order chi connectivity index (χ0) is 31.9. The molecule has 0 bridgehead atoms. The number of nitriles is 2. The predicted octanol–water partition coefficient (Wildman–Crippen LogP) is 10.9. The Labute approximate surface area is 284 Å². The summed E-state index contributed by atoms with van der Waals surface area (Å²) < 4.78 is 0. The summed E-state index contributed by atoms with van der Waals surface area (Å²) in [5.41, 5.74) is 9.47. The first kappa shape index (κ1) is 27.1. The van der Waals surface area contributed by atoms with Crippen LogP contribution >= 0.6 is 23.5 Å². The molecule has 10 rings (SSSR count). The van der Waals surface area contributed by atoms with Gasteiger partial charge in [-0.15, -0.1) is 0 Å². The van der Waals surface area contributed by atoms with E-state index in [9.17, 15) is 10.5 Å². The van der Waals surface area contributed by atoms with E-state index in [1.165, 1.54) is 9.79 Å². The van der Waals surface area contributed by atoms with Crippen LogP contribution in [-0.4, -0.2) is 9.97 Å². The lowest BCUT2D eigenvalue weighted by molar-refractivity contribution is 1.13. The average Bonchev–Trinajstić information content (AvgIpc) is 3.45. The van der Waals surface area contributed by atoms with E-state index in [-0.39, 0.29) is 11.4 Å². The molecule has 0 spiro atoms. The van der Waals surface area contributed by atoms with Crippen LogP contribution < -0.4 is 9.80 Å². The van der Waals surface area contributed by atoms with Gasteiger partial charge in [-0.2, -0.15) is 10.5 Å². The fourth-order valence-electron chi connectivity index (χ4n) is 7.12. The summed E-state index contributed by atoms with van der Waals surface area (Å²) in [5.74, 6) is 0. The third-order valence-electron chi connectivity index (χ3n) is 9.06. The third kappa shape index (κ3) is 3.70.